The summed E-state index contributed by atoms with van der Waals surface area (Å²) in [6.07, 6.45) is 2.97. The number of ether oxygens (including phenoxy) is 1. The van der Waals surface area contributed by atoms with E-state index in [1.54, 1.807) is 11.8 Å². The maximum atomic E-state index is 7.78. The number of hydrogen-bond acceptors (Lipinski definition) is 4. The molecule has 3 aromatic carbocycles. The van der Waals surface area contributed by atoms with E-state index in [1.807, 2.05) is 24.3 Å². The van der Waals surface area contributed by atoms with Crippen molar-refractivity contribution in [3.63, 3.8) is 0 Å². The zero-order chi connectivity index (χ0) is 24.3. The van der Waals surface area contributed by atoms with Crippen LogP contribution in [-0.4, -0.2) is 40.4 Å². The molecule has 6 heteroatoms. The number of benzene rings is 3. The first kappa shape index (κ1) is 26.4. The van der Waals surface area contributed by atoms with Gasteiger partial charge in [0.2, 0.25) is 0 Å². The van der Waals surface area contributed by atoms with Gasteiger partial charge >= 0.3 is 220 Å². The molecule has 0 spiro atoms. The Hall–Kier alpha value is -2.20. The summed E-state index contributed by atoms with van der Waals surface area (Å²) < 4.78 is 11.2. The molecule has 3 rings (SSSR count). The van der Waals surface area contributed by atoms with Gasteiger partial charge in [-0.1, -0.05) is 0 Å². The monoisotopic (exact) mass is 580 g/mol. The molecular formula is C28H33N3OSSb. The molecule has 0 aliphatic rings. The minimum atomic E-state index is -0.793. The molecule has 0 amide bonds. The van der Waals surface area contributed by atoms with Gasteiger partial charge in [0.05, 0.1) is 0 Å². The van der Waals surface area contributed by atoms with Gasteiger partial charge in [-0.2, -0.15) is 0 Å². The summed E-state index contributed by atoms with van der Waals surface area (Å²) in [5.41, 5.74) is 8.84. The van der Waals surface area contributed by atoms with Crippen LogP contribution in [0.3, 0.4) is 0 Å². The van der Waals surface area contributed by atoms with E-state index in [1.165, 1.54) is 14.0 Å². The van der Waals surface area contributed by atoms with Crippen LogP contribution >= 0.6 is 11.8 Å². The minimum absolute atomic E-state index is 0.0921. The summed E-state index contributed by atoms with van der Waals surface area (Å²) in [4.78, 5) is 2.25. The number of nitrogens with one attached hydrogen (secondary N) is 2. The van der Waals surface area contributed by atoms with Crippen LogP contribution in [0.15, 0.2) is 89.2 Å². The first-order chi connectivity index (χ1) is 16.5. The number of unbranched alkanes of at least 4 members (excludes halogenated alkanes) is 1. The topological polar surface area (TPSA) is 71.1 Å². The number of nitrogen functional groups attached to an aromatic ring is 1. The summed E-state index contributed by atoms with van der Waals surface area (Å²) in [7, 11) is 0. The fourth-order valence-electron chi connectivity index (χ4n) is 3.31. The molecule has 0 bridgehead atoms. The van der Waals surface area contributed by atoms with Crippen molar-refractivity contribution < 1.29 is 4.74 Å². The number of nitrogens with two attached hydrogens (primary N) is 1. The first-order valence-electron chi connectivity index (χ1n) is 11.5. The molecule has 0 fully saturated rings. The molecular weight excluding hydrogens is 548 g/mol. The van der Waals surface area contributed by atoms with Crippen LogP contribution in [0.1, 0.15) is 36.5 Å². The normalized spacial score (nSPS) is 11.7. The molecule has 0 saturated heterocycles. The van der Waals surface area contributed by atoms with Gasteiger partial charge in [0.15, 0.2) is 0 Å². The van der Waals surface area contributed by atoms with Crippen LogP contribution in [0.5, 0.6) is 5.75 Å². The van der Waals surface area contributed by atoms with E-state index in [0.717, 1.165) is 47.7 Å². The number of aryl methyl sites for hydroxylation is 1. The van der Waals surface area contributed by atoms with E-state index in [4.69, 9.17) is 15.9 Å². The van der Waals surface area contributed by atoms with E-state index in [-0.39, 0.29) is 11.9 Å². The Morgan fingerprint density at radius 3 is 2.65 bits per heavy atom. The summed E-state index contributed by atoms with van der Waals surface area (Å²) in [6.45, 7) is 9.52. The quantitative estimate of drug-likeness (QED) is 0.0853. The average Bonchev–Trinajstić information content (AvgIpc) is 2.84. The second-order valence-electron chi connectivity index (χ2n) is 8.14. The van der Waals surface area contributed by atoms with E-state index >= 15 is 0 Å². The summed E-state index contributed by atoms with van der Waals surface area (Å²) in [5, 5.41) is 7.78. The molecule has 1 atom stereocenters. The Balaban J connectivity index is 1.77. The van der Waals surface area contributed by atoms with Crippen molar-refractivity contribution in [2.45, 2.75) is 44.0 Å². The van der Waals surface area contributed by atoms with Crippen molar-refractivity contribution in [2.24, 2.45) is 5.73 Å². The second-order valence-corrected chi connectivity index (χ2v) is 12.2. The molecule has 4 N–H and O–H groups in total. The second kappa shape index (κ2) is 13.6. The van der Waals surface area contributed by atoms with Gasteiger partial charge in [-0.25, -0.2) is 0 Å². The molecule has 1 radical (unpaired) electrons. The number of rotatable bonds is 13. The number of hydrogen-bond donors (Lipinski definition) is 3. The molecule has 4 nitrogen and oxygen atoms in total. The molecule has 34 heavy (non-hydrogen) atoms. The van der Waals surface area contributed by atoms with Gasteiger partial charge in [-0.05, 0) is 0 Å². The van der Waals surface area contributed by atoms with Gasteiger partial charge in [0, 0.05) is 0 Å². The third-order valence-corrected chi connectivity index (χ3v) is 9.39. The predicted molar refractivity (Wildman–Crippen MR) is 146 cm³/mol. The standard InChI is InChI=1S/C22H28N3OS.C6H5.Sb/c1-4-5-11-26-19-10-9-15(2)21(14-19)27-16(3)20(23)13-17-7-6-8-18(12-17)22(24)25;1-2-4-6-5-3-1;/h6-10,12,14,20,23H,3-5,11,13H2,1-2H3,(H3,24,25);1-5H;/q-1;;+1. The third kappa shape index (κ3) is 8.23. The summed E-state index contributed by atoms with van der Waals surface area (Å²) in [5.74, 6) is 1.00. The molecule has 0 aliphatic carbocycles. The average molecular weight is 581 g/mol. The number of amidine groups is 1. The maximum absolute atomic E-state index is 7.78. The van der Waals surface area contributed by atoms with Gasteiger partial charge < -0.3 is 0 Å². The van der Waals surface area contributed by atoms with Crippen LogP contribution in [0.25, 0.3) is 0 Å². The Morgan fingerprint density at radius 1 is 1.12 bits per heavy atom. The van der Waals surface area contributed by atoms with Crippen molar-refractivity contribution >= 4 is 43.0 Å². The summed E-state index contributed by atoms with van der Waals surface area (Å²) in [6, 6.07) is 25.0. The fourth-order valence-corrected chi connectivity index (χ4v) is 7.04. The molecule has 0 aliphatic heterocycles. The first-order valence-corrected chi connectivity index (χ1v) is 14.9. The van der Waals surface area contributed by atoms with E-state index < -0.39 is 21.9 Å². The predicted octanol–water partition coefficient (Wildman–Crippen LogP) is 5.21. The Labute approximate surface area is 218 Å². The van der Waals surface area contributed by atoms with Crippen molar-refractivity contribution in [3.05, 3.63) is 101 Å². The van der Waals surface area contributed by atoms with Gasteiger partial charge in [-0.3, -0.25) is 0 Å². The van der Waals surface area contributed by atoms with E-state index in [2.05, 4.69) is 72.4 Å². The van der Waals surface area contributed by atoms with E-state index in [9.17, 15) is 0 Å². The molecule has 3 aromatic rings. The Kier molecular flexibility index (Phi) is 10.6. The van der Waals surface area contributed by atoms with Crippen LogP contribution < -0.4 is 17.5 Å². The third-order valence-electron chi connectivity index (χ3n) is 5.34. The van der Waals surface area contributed by atoms with Gasteiger partial charge in [-0.15, -0.1) is 0 Å². The van der Waals surface area contributed by atoms with E-state index in [0.29, 0.717) is 0 Å². The summed E-state index contributed by atoms with van der Waals surface area (Å²) >= 11 is 0.923. The van der Waals surface area contributed by atoms with Crippen LogP contribution in [0, 0.1) is 12.3 Å². The van der Waals surface area contributed by atoms with Crippen LogP contribution in [-0.2, 0) is 6.42 Å². The number of thioether (sulfide) groups is 1. The van der Waals surface area contributed by atoms with Crippen molar-refractivity contribution in [1.29, 1.82) is 5.41 Å². The zero-order valence-corrected chi connectivity index (χ0v) is 23.3. The van der Waals surface area contributed by atoms with Crippen LogP contribution in [0.2, 0.25) is 0 Å². The molecule has 0 aromatic heterocycles. The molecule has 0 heterocycles. The van der Waals surface area contributed by atoms with Gasteiger partial charge in [0.1, 0.15) is 0 Å². The van der Waals surface area contributed by atoms with Crippen LogP contribution in [0.4, 0.5) is 0 Å². The Bertz CT molecular complexity index is 1100. The fraction of sp³-hybridized carbons (Fsp3) is 0.250. The SMILES string of the molecule is C=C(Sc1cc(OCCCC)ccc1C)C(Cc1cccc(C(=N)N)c1)[NH][Sb][c]1ccccc1. The molecule has 1 unspecified atom stereocenters. The van der Waals surface area contributed by atoms with Gasteiger partial charge in [0.25, 0.3) is 0 Å². The van der Waals surface area contributed by atoms with Crippen molar-refractivity contribution in [2.75, 3.05) is 6.61 Å². The molecule has 177 valence electrons. The zero-order valence-electron chi connectivity index (χ0n) is 19.9. The molecule has 0 saturated carbocycles. The Morgan fingerprint density at radius 2 is 1.91 bits per heavy atom. The van der Waals surface area contributed by atoms with Crippen molar-refractivity contribution in [1.82, 2.24) is 3.48 Å². The van der Waals surface area contributed by atoms with Crippen molar-refractivity contribution in [3.8, 4) is 5.75 Å².